The van der Waals surface area contributed by atoms with E-state index < -0.39 is 10.0 Å². The van der Waals surface area contributed by atoms with Gasteiger partial charge in [0.1, 0.15) is 17.0 Å². The van der Waals surface area contributed by atoms with Gasteiger partial charge in [-0.05, 0) is 0 Å². The zero-order valence-corrected chi connectivity index (χ0v) is 10.7. The third-order valence-corrected chi connectivity index (χ3v) is 4.17. The molecule has 0 aliphatic carbocycles. The van der Waals surface area contributed by atoms with Crippen molar-refractivity contribution in [2.45, 2.75) is 11.4 Å². The van der Waals surface area contributed by atoms with Gasteiger partial charge in [0.15, 0.2) is 5.82 Å². The normalized spacial score (nSPS) is 12.2. The molecule has 2 heterocycles. The van der Waals surface area contributed by atoms with Gasteiger partial charge in [-0.3, -0.25) is 9.78 Å². The standard InChI is InChI=1S/C8H13N7O2S/c1-14-3-6(8(9)13-14)18(16,17)15(2)4-7-10-5-11-12-7/h3,5H,4H2,1-2H3,(H2,9,13)(H,10,11,12). The summed E-state index contributed by atoms with van der Waals surface area (Å²) in [5.41, 5.74) is 5.57. The largest absolute Gasteiger partial charge is 0.381 e. The molecule has 0 spiro atoms. The van der Waals surface area contributed by atoms with E-state index in [9.17, 15) is 8.42 Å². The van der Waals surface area contributed by atoms with Crippen LogP contribution in [-0.4, -0.2) is 44.7 Å². The van der Waals surface area contributed by atoms with Crippen molar-refractivity contribution >= 4 is 15.8 Å². The van der Waals surface area contributed by atoms with E-state index in [4.69, 9.17) is 5.73 Å². The quantitative estimate of drug-likeness (QED) is 0.730. The number of nitrogens with one attached hydrogen (secondary N) is 1. The molecule has 3 N–H and O–H groups in total. The van der Waals surface area contributed by atoms with Gasteiger partial charge in [0.25, 0.3) is 0 Å². The Hall–Kier alpha value is -1.94. The molecule has 0 saturated heterocycles. The molecule has 0 bridgehead atoms. The van der Waals surface area contributed by atoms with Crippen LogP contribution in [-0.2, 0) is 23.6 Å². The molecule has 0 aromatic carbocycles. The van der Waals surface area contributed by atoms with E-state index in [2.05, 4.69) is 20.3 Å². The molecule has 2 aromatic rings. The van der Waals surface area contributed by atoms with Gasteiger partial charge in [-0.1, -0.05) is 0 Å². The first kappa shape index (κ1) is 12.5. The van der Waals surface area contributed by atoms with Gasteiger partial charge < -0.3 is 5.73 Å². The number of nitrogen functional groups attached to an aromatic ring is 1. The number of aryl methyl sites for hydroxylation is 1. The molecule has 2 aromatic heterocycles. The van der Waals surface area contributed by atoms with Crippen molar-refractivity contribution in [2.75, 3.05) is 12.8 Å². The minimum absolute atomic E-state index is 0.0213. The van der Waals surface area contributed by atoms with E-state index in [0.717, 1.165) is 4.31 Å². The van der Waals surface area contributed by atoms with Gasteiger partial charge in [0, 0.05) is 20.3 Å². The minimum atomic E-state index is -3.69. The van der Waals surface area contributed by atoms with E-state index in [1.54, 1.807) is 7.05 Å². The average Bonchev–Trinajstić information content (AvgIpc) is 2.88. The summed E-state index contributed by atoms with van der Waals surface area (Å²) in [7, 11) is -0.650. The first-order valence-electron chi connectivity index (χ1n) is 5.01. The maximum absolute atomic E-state index is 12.2. The fourth-order valence-corrected chi connectivity index (χ4v) is 2.67. The highest BCUT2D eigenvalue weighted by molar-refractivity contribution is 7.89. The van der Waals surface area contributed by atoms with E-state index in [1.807, 2.05) is 0 Å². The molecule has 10 heteroatoms. The zero-order valence-electron chi connectivity index (χ0n) is 9.90. The molecule has 2 rings (SSSR count). The molecule has 0 unspecified atom stereocenters. The second-order valence-corrected chi connectivity index (χ2v) is 5.76. The molecular weight excluding hydrogens is 258 g/mol. The summed E-state index contributed by atoms with van der Waals surface area (Å²) >= 11 is 0. The van der Waals surface area contributed by atoms with Crippen LogP contribution >= 0.6 is 0 Å². The van der Waals surface area contributed by atoms with Gasteiger partial charge in [-0.15, -0.1) is 0 Å². The van der Waals surface area contributed by atoms with E-state index in [-0.39, 0.29) is 17.3 Å². The van der Waals surface area contributed by atoms with E-state index in [0.29, 0.717) is 5.82 Å². The number of hydrogen-bond donors (Lipinski definition) is 2. The minimum Gasteiger partial charge on any atom is -0.381 e. The van der Waals surface area contributed by atoms with Crippen molar-refractivity contribution in [3.63, 3.8) is 0 Å². The third kappa shape index (κ3) is 2.19. The summed E-state index contributed by atoms with van der Waals surface area (Å²) in [6.07, 6.45) is 2.68. The molecule has 9 nitrogen and oxygen atoms in total. The average molecular weight is 271 g/mol. The molecule has 0 saturated carbocycles. The van der Waals surface area contributed by atoms with Gasteiger partial charge in [-0.2, -0.15) is 14.5 Å². The highest BCUT2D eigenvalue weighted by Gasteiger charge is 2.26. The Morgan fingerprint density at radius 1 is 1.56 bits per heavy atom. The molecule has 98 valence electrons. The third-order valence-electron chi connectivity index (χ3n) is 2.35. The topological polar surface area (TPSA) is 123 Å². The van der Waals surface area contributed by atoms with Crippen molar-refractivity contribution in [1.82, 2.24) is 29.3 Å². The highest BCUT2D eigenvalue weighted by Crippen LogP contribution is 2.20. The zero-order chi connectivity index (χ0) is 13.3. The summed E-state index contributed by atoms with van der Waals surface area (Å²) < 4.78 is 26.9. The number of hydrogen-bond acceptors (Lipinski definition) is 6. The van der Waals surface area contributed by atoms with Crippen molar-refractivity contribution in [3.05, 3.63) is 18.3 Å². The summed E-state index contributed by atoms with van der Waals surface area (Å²) in [5.74, 6) is 0.422. The molecular formula is C8H13N7O2S. The number of H-pyrrole nitrogens is 1. The summed E-state index contributed by atoms with van der Waals surface area (Å²) in [6.45, 7) is 0.0800. The van der Waals surface area contributed by atoms with E-state index >= 15 is 0 Å². The van der Waals surface area contributed by atoms with Crippen LogP contribution in [0.4, 0.5) is 5.82 Å². The lowest BCUT2D eigenvalue weighted by Crippen LogP contribution is -2.27. The molecule has 0 atom stereocenters. The number of aromatic nitrogens is 5. The first-order chi connectivity index (χ1) is 8.41. The lowest BCUT2D eigenvalue weighted by Gasteiger charge is -2.14. The smallest absolute Gasteiger partial charge is 0.248 e. The predicted octanol–water partition coefficient (Wildman–Crippen LogP) is -1.06. The molecule has 0 radical (unpaired) electrons. The van der Waals surface area contributed by atoms with E-state index in [1.165, 1.54) is 24.3 Å². The second kappa shape index (κ2) is 4.38. The van der Waals surface area contributed by atoms with Crippen LogP contribution in [0.25, 0.3) is 0 Å². The number of sulfonamides is 1. The van der Waals surface area contributed by atoms with Crippen LogP contribution in [0.15, 0.2) is 17.4 Å². The fraction of sp³-hybridized carbons (Fsp3) is 0.375. The number of aromatic amines is 1. The number of anilines is 1. The Labute approximate surface area is 104 Å². The van der Waals surface area contributed by atoms with Crippen LogP contribution < -0.4 is 5.73 Å². The Morgan fingerprint density at radius 2 is 2.28 bits per heavy atom. The van der Waals surface area contributed by atoms with Crippen LogP contribution in [0.3, 0.4) is 0 Å². The molecule has 0 aliphatic rings. The van der Waals surface area contributed by atoms with Gasteiger partial charge >= 0.3 is 0 Å². The molecule has 0 amide bonds. The van der Waals surface area contributed by atoms with Crippen molar-refractivity contribution < 1.29 is 8.42 Å². The maximum Gasteiger partial charge on any atom is 0.248 e. The summed E-state index contributed by atoms with van der Waals surface area (Å²) in [6, 6.07) is 0. The lowest BCUT2D eigenvalue weighted by atomic mass is 10.6. The number of nitrogens with two attached hydrogens (primary N) is 1. The highest BCUT2D eigenvalue weighted by atomic mass is 32.2. The summed E-state index contributed by atoms with van der Waals surface area (Å²) in [4.78, 5) is 3.84. The lowest BCUT2D eigenvalue weighted by molar-refractivity contribution is 0.457. The SMILES string of the molecule is CN(Cc1ncn[nH]1)S(=O)(=O)c1cn(C)nc1N. The Balaban J connectivity index is 2.28. The first-order valence-corrected chi connectivity index (χ1v) is 6.45. The van der Waals surface area contributed by atoms with Crippen molar-refractivity contribution in [2.24, 2.45) is 7.05 Å². The van der Waals surface area contributed by atoms with Crippen LogP contribution in [0, 0.1) is 0 Å². The van der Waals surface area contributed by atoms with Crippen molar-refractivity contribution in [3.8, 4) is 0 Å². The molecule has 18 heavy (non-hydrogen) atoms. The number of rotatable bonds is 4. The molecule has 0 aliphatic heterocycles. The fourth-order valence-electron chi connectivity index (χ4n) is 1.45. The molecule has 0 fully saturated rings. The second-order valence-electron chi connectivity index (χ2n) is 3.75. The van der Waals surface area contributed by atoms with Gasteiger partial charge in [0.05, 0.1) is 6.54 Å². The Bertz CT molecular complexity index is 630. The van der Waals surface area contributed by atoms with Gasteiger partial charge in [-0.25, -0.2) is 13.4 Å². The van der Waals surface area contributed by atoms with Crippen LogP contribution in [0.2, 0.25) is 0 Å². The predicted molar refractivity (Wildman–Crippen MR) is 62.7 cm³/mol. The number of nitrogens with zero attached hydrogens (tertiary/aromatic N) is 5. The Morgan fingerprint density at radius 3 is 2.78 bits per heavy atom. The monoisotopic (exact) mass is 271 g/mol. The maximum atomic E-state index is 12.2. The Kier molecular flexibility index (Phi) is 3.05. The van der Waals surface area contributed by atoms with Crippen molar-refractivity contribution in [1.29, 1.82) is 0 Å². The van der Waals surface area contributed by atoms with Crippen LogP contribution in [0.1, 0.15) is 5.82 Å². The van der Waals surface area contributed by atoms with Gasteiger partial charge in [0.2, 0.25) is 10.0 Å². The summed E-state index contributed by atoms with van der Waals surface area (Å²) in [5, 5.41) is 10.1. The van der Waals surface area contributed by atoms with Crippen LogP contribution in [0.5, 0.6) is 0 Å².